The Morgan fingerprint density at radius 3 is 2.34 bits per heavy atom. The van der Waals surface area contributed by atoms with E-state index in [4.69, 9.17) is 12.0 Å². The third-order valence-electron chi connectivity index (χ3n) is 9.00. The minimum Gasteiger partial charge on any atom is -0.340 e. The first-order chi connectivity index (χ1) is 21.5. The molecule has 1 aromatic heterocycles. The van der Waals surface area contributed by atoms with Crippen LogP contribution in [0.25, 0.3) is 49.4 Å². The minimum absolute atomic E-state index is 0.193. The molecule has 0 fully saturated rings. The van der Waals surface area contributed by atoms with Crippen LogP contribution in [0.4, 0.5) is 11.4 Å². The van der Waals surface area contributed by atoms with Gasteiger partial charge in [0.25, 0.3) is 0 Å². The highest BCUT2D eigenvalue weighted by Gasteiger charge is 2.31. The molecule has 0 spiro atoms. The molecule has 0 atom stereocenters. The van der Waals surface area contributed by atoms with Crippen LogP contribution in [0, 0.1) is 12.0 Å². The summed E-state index contributed by atoms with van der Waals surface area (Å²) in [4.78, 5) is 31.2. The second-order valence-corrected chi connectivity index (χ2v) is 11.5. The lowest BCUT2D eigenvalue weighted by atomic mass is 9.99. The first kappa shape index (κ1) is 27.5. The topological polar surface area (TPSA) is 70.3 Å². The van der Waals surface area contributed by atoms with Gasteiger partial charge in [-0.25, -0.2) is 4.85 Å². The molecule has 6 nitrogen and oxygen atoms in total. The molecule has 1 N–H and O–H groups in total. The highest BCUT2D eigenvalue weighted by atomic mass is 16.1. The van der Waals surface area contributed by atoms with E-state index >= 15 is 0 Å². The Morgan fingerprint density at radius 1 is 0.864 bits per heavy atom. The molecule has 214 valence electrons. The van der Waals surface area contributed by atoms with E-state index < -0.39 is 0 Å². The van der Waals surface area contributed by atoms with Gasteiger partial charge in [0.15, 0.2) is 5.69 Å². The standard InChI is InChI=1S/C38H31N4O2/c1-4-6-18-41-31-16-14-23(22-39)24-10-8-12-26(35(24)31)33(41)20-28-37(43)29(38(28)44)21-34-27-13-9-11-25-30(40-3)15-17-32(36(25)27)42(34)19-7-5-2/h8-17,20-21,39H,4-7,18-19H2,1-2H3/q+1. The van der Waals surface area contributed by atoms with Crippen molar-refractivity contribution in [1.29, 1.82) is 5.41 Å². The molecule has 7 rings (SSSR count). The van der Waals surface area contributed by atoms with Crippen molar-refractivity contribution >= 4 is 67.6 Å². The van der Waals surface area contributed by atoms with Gasteiger partial charge in [-0.05, 0) is 48.0 Å². The van der Waals surface area contributed by atoms with Gasteiger partial charge in [-0.2, -0.15) is 4.58 Å². The molecule has 1 aliphatic rings. The normalized spacial score (nSPS) is 12.5. The van der Waals surface area contributed by atoms with Crippen LogP contribution >= 0.6 is 0 Å². The van der Waals surface area contributed by atoms with Crippen LogP contribution in [0.2, 0.25) is 0 Å². The molecule has 5 aromatic carbocycles. The fourth-order valence-corrected chi connectivity index (χ4v) is 6.79. The molecular weight excluding hydrogens is 544 g/mol. The molecule has 6 heteroatoms. The molecule has 6 aromatic rings. The molecular formula is C38H31N4O2+. The Balaban J connectivity index is 1.45. The number of hydrogen-bond acceptors (Lipinski definition) is 3. The van der Waals surface area contributed by atoms with Crippen molar-refractivity contribution in [2.24, 2.45) is 0 Å². The van der Waals surface area contributed by atoms with E-state index in [-0.39, 0.29) is 21.3 Å². The summed E-state index contributed by atoms with van der Waals surface area (Å²) >= 11 is 0. The van der Waals surface area contributed by atoms with Crippen LogP contribution in [0.1, 0.15) is 50.8 Å². The van der Waals surface area contributed by atoms with Gasteiger partial charge in [0.05, 0.1) is 28.0 Å². The zero-order chi connectivity index (χ0) is 30.5. The smallest absolute Gasteiger partial charge is 0.214 e. The van der Waals surface area contributed by atoms with Gasteiger partial charge in [0.1, 0.15) is 6.54 Å². The molecule has 0 radical (unpaired) electrons. The predicted molar refractivity (Wildman–Crippen MR) is 179 cm³/mol. The molecule has 0 saturated carbocycles. The Labute approximate surface area is 253 Å². The third-order valence-corrected chi connectivity index (χ3v) is 9.00. The number of nitrogens with one attached hydrogen (secondary N) is 1. The number of benzene rings is 4. The van der Waals surface area contributed by atoms with Crippen molar-refractivity contribution in [2.75, 3.05) is 6.54 Å². The first-order valence-corrected chi connectivity index (χ1v) is 15.3. The molecule has 0 saturated heterocycles. The van der Waals surface area contributed by atoms with E-state index in [2.05, 4.69) is 33.7 Å². The monoisotopic (exact) mass is 575 g/mol. The van der Waals surface area contributed by atoms with Crippen LogP contribution in [-0.4, -0.2) is 27.3 Å². The van der Waals surface area contributed by atoms with Crippen molar-refractivity contribution in [3.05, 3.63) is 119 Å². The molecule has 0 unspecified atom stereocenters. The van der Waals surface area contributed by atoms with E-state index in [1.54, 1.807) is 12.2 Å². The lowest BCUT2D eigenvalue weighted by molar-refractivity contribution is -0.435. The Kier molecular flexibility index (Phi) is 6.69. The number of aromatic nitrogens is 1. The quantitative estimate of drug-likeness (QED) is 0.156. The van der Waals surface area contributed by atoms with Gasteiger partial charge in [-0.3, -0.25) is 15.0 Å². The van der Waals surface area contributed by atoms with Gasteiger partial charge in [0.2, 0.25) is 22.3 Å². The average molecular weight is 576 g/mol. The zero-order valence-electron chi connectivity index (χ0n) is 24.8. The molecule has 0 aliphatic carbocycles. The summed E-state index contributed by atoms with van der Waals surface area (Å²) in [5.41, 5.74) is 4.77. The van der Waals surface area contributed by atoms with Crippen LogP contribution < -0.4 is 26.5 Å². The van der Waals surface area contributed by atoms with E-state index in [0.717, 1.165) is 99.1 Å². The van der Waals surface area contributed by atoms with Gasteiger partial charge in [-0.1, -0.05) is 57.0 Å². The van der Waals surface area contributed by atoms with Crippen molar-refractivity contribution < 1.29 is 4.58 Å². The molecule has 0 bridgehead atoms. The van der Waals surface area contributed by atoms with E-state index in [1.165, 1.54) is 0 Å². The Hall–Kier alpha value is -5.37. The van der Waals surface area contributed by atoms with Gasteiger partial charge >= 0.3 is 0 Å². The van der Waals surface area contributed by atoms with Crippen molar-refractivity contribution in [2.45, 2.75) is 46.1 Å². The summed E-state index contributed by atoms with van der Waals surface area (Å²) in [5, 5.41) is 13.7. The number of nitrogens with zero attached hydrogens (tertiary/aromatic N) is 3. The summed E-state index contributed by atoms with van der Waals surface area (Å²) in [6.07, 6.45) is 7.46. The van der Waals surface area contributed by atoms with E-state index in [9.17, 15) is 9.59 Å². The molecule has 2 heterocycles. The zero-order valence-corrected chi connectivity index (χ0v) is 24.8. The second kappa shape index (κ2) is 10.7. The maximum absolute atomic E-state index is 13.7. The maximum atomic E-state index is 13.7. The van der Waals surface area contributed by atoms with Crippen LogP contribution in [0.5, 0.6) is 0 Å². The number of unbranched alkanes of at least 4 members (excludes halogenated alkanes) is 2. The summed E-state index contributed by atoms with van der Waals surface area (Å²) < 4.78 is 4.40. The highest BCUT2D eigenvalue weighted by molar-refractivity contribution is 6.28. The molecule has 44 heavy (non-hydrogen) atoms. The Morgan fingerprint density at radius 2 is 1.59 bits per heavy atom. The van der Waals surface area contributed by atoms with Gasteiger partial charge in [-0.15, -0.1) is 0 Å². The molecule has 0 amide bonds. The summed E-state index contributed by atoms with van der Waals surface area (Å²) in [6, 6.07) is 19.7. The Bertz CT molecular complexity index is 2500. The van der Waals surface area contributed by atoms with Crippen LogP contribution in [-0.2, 0) is 6.54 Å². The third kappa shape index (κ3) is 3.94. The van der Waals surface area contributed by atoms with Gasteiger partial charge < -0.3 is 4.57 Å². The highest BCUT2D eigenvalue weighted by Crippen LogP contribution is 2.40. The summed E-state index contributed by atoms with van der Waals surface area (Å²) in [6.45, 7) is 13.4. The average Bonchev–Trinajstić information content (AvgIpc) is 3.53. The van der Waals surface area contributed by atoms with Gasteiger partial charge in [0, 0.05) is 57.7 Å². The first-order valence-electron chi connectivity index (χ1n) is 15.3. The molecule has 1 aliphatic heterocycles. The largest absolute Gasteiger partial charge is 0.340 e. The lowest BCUT2D eigenvalue weighted by Crippen LogP contribution is -2.64. The van der Waals surface area contributed by atoms with Crippen LogP contribution in [0.3, 0.4) is 0 Å². The van der Waals surface area contributed by atoms with Crippen molar-refractivity contribution in [1.82, 2.24) is 4.57 Å². The number of rotatable bonds is 8. The van der Waals surface area contributed by atoms with E-state index in [1.807, 2.05) is 60.7 Å². The van der Waals surface area contributed by atoms with Crippen LogP contribution in [0.15, 0.2) is 70.3 Å². The predicted octanol–water partition coefficient (Wildman–Crippen LogP) is 5.09. The number of hydrogen-bond donors (Lipinski definition) is 1. The SMILES string of the molecule is [C-]#[N+]c1ccc2c3c(cccc13)C(C=c1c(=O)c(=Cc3c4cccc5c(=C=N)ccc(c45)n3CCCC)c1=O)=[N+]2CCCC. The summed E-state index contributed by atoms with van der Waals surface area (Å²) in [7, 11) is 0. The summed E-state index contributed by atoms with van der Waals surface area (Å²) in [5.74, 6) is 2.55. The fraction of sp³-hybridized carbons (Fsp3) is 0.211. The minimum atomic E-state index is -0.248. The van der Waals surface area contributed by atoms with E-state index in [0.29, 0.717) is 5.69 Å². The lowest BCUT2D eigenvalue weighted by Gasteiger charge is -2.08. The fourth-order valence-electron chi connectivity index (χ4n) is 6.79. The maximum Gasteiger partial charge on any atom is 0.214 e. The van der Waals surface area contributed by atoms with Crippen molar-refractivity contribution in [3.8, 4) is 0 Å². The second-order valence-electron chi connectivity index (χ2n) is 11.5. The number of aryl methyl sites for hydroxylation is 1. The van der Waals surface area contributed by atoms with Crippen molar-refractivity contribution in [3.63, 3.8) is 0 Å².